The van der Waals surface area contributed by atoms with Crippen LogP contribution in [-0.2, 0) is 0 Å². The Labute approximate surface area is 130 Å². The summed E-state index contributed by atoms with van der Waals surface area (Å²) in [7, 11) is 1.72. The summed E-state index contributed by atoms with van der Waals surface area (Å²) < 4.78 is 0. The lowest BCUT2D eigenvalue weighted by Crippen LogP contribution is -2.30. The molecule has 5 heteroatoms. The summed E-state index contributed by atoms with van der Waals surface area (Å²) in [6.07, 6.45) is 1.70. The van der Waals surface area contributed by atoms with Crippen molar-refractivity contribution >= 4 is 5.91 Å². The largest absolute Gasteiger partial charge is 0.393 e. The zero-order valence-corrected chi connectivity index (χ0v) is 13.2. The predicted octanol–water partition coefficient (Wildman–Crippen LogP) is 2.29. The molecule has 0 saturated heterocycles. The van der Waals surface area contributed by atoms with Crippen LogP contribution in [0.2, 0.25) is 0 Å². The van der Waals surface area contributed by atoms with E-state index in [0.29, 0.717) is 30.0 Å². The lowest BCUT2D eigenvalue weighted by molar-refractivity contribution is 0.0767. The molecule has 2 aromatic rings. The van der Waals surface area contributed by atoms with E-state index < -0.39 is 6.10 Å². The van der Waals surface area contributed by atoms with E-state index in [2.05, 4.69) is 9.97 Å². The van der Waals surface area contributed by atoms with Crippen LogP contribution in [0, 0.1) is 6.92 Å². The topological polar surface area (TPSA) is 66.3 Å². The Balaban J connectivity index is 2.17. The van der Waals surface area contributed by atoms with Gasteiger partial charge in [0.15, 0.2) is 5.82 Å². The summed E-state index contributed by atoms with van der Waals surface area (Å²) in [5, 5.41) is 9.31. The van der Waals surface area contributed by atoms with Crippen molar-refractivity contribution in [1.29, 1.82) is 0 Å². The molecule has 1 atom stereocenters. The number of aryl methyl sites for hydroxylation is 1. The third-order valence-electron chi connectivity index (χ3n) is 3.47. The number of carbonyl (C=O) groups is 1. The number of nitrogens with zero attached hydrogens (tertiary/aromatic N) is 3. The second kappa shape index (κ2) is 7.13. The van der Waals surface area contributed by atoms with Crippen LogP contribution in [0.5, 0.6) is 0 Å². The van der Waals surface area contributed by atoms with Gasteiger partial charge in [-0.1, -0.05) is 30.3 Å². The van der Waals surface area contributed by atoms with Crippen LogP contribution in [0.25, 0.3) is 11.4 Å². The van der Waals surface area contributed by atoms with E-state index in [1.165, 1.54) is 0 Å². The number of hydrogen-bond acceptors (Lipinski definition) is 4. The summed E-state index contributed by atoms with van der Waals surface area (Å²) in [5.74, 6) is 0.485. The molecule has 22 heavy (non-hydrogen) atoms. The average Bonchev–Trinajstić information content (AvgIpc) is 2.52. The van der Waals surface area contributed by atoms with Gasteiger partial charge in [-0.3, -0.25) is 4.79 Å². The minimum atomic E-state index is -0.423. The number of aliphatic hydroxyl groups is 1. The first kappa shape index (κ1) is 16.1. The summed E-state index contributed by atoms with van der Waals surface area (Å²) >= 11 is 0. The first-order chi connectivity index (χ1) is 10.5. The highest BCUT2D eigenvalue weighted by Crippen LogP contribution is 2.16. The van der Waals surface area contributed by atoms with Gasteiger partial charge in [0.1, 0.15) is 0 Å². The number of benzene rings is 1. The van der Waals surface area contributed by atoms with Crippen molar-refractivity contribution in [3.05, 3.63) is 47.8 Å². The first-order valence-electron chi connectivity index (χ1n) is 7.31. The van der Waals surface area contributed by atoms with Gasteiger partial charge in [-0.25, -0.2) is 9.97 Å². The van der Waals surface area contributed by atoms with E-state index in [4.69, 9.17) is 0 Å². The highest BCUT2D eigenvalue weighted by atomic mass is 16.3. The first-order valence-corrected chi connectivity index (χ1v) is 7.31. The number of amides is 1. The van der Waals surface area contributed by atoms with Crippen LogP contribution in [0.3, 0.4) is 0 Å². The fourth-order valence-electron chi connectivity index (χ4n) is 2.09. The quantitative estimate of drug-likeness (QED) is 0.920. The molecule has 1 unspecified atom stereocenters. The van der Waals surface area contributed by atoms with Gasteiger partial charge in [0.25, 0.3) is 5.91 Å². The molecule has 1 aromatic carbocycles. The molecule has 2 rings (SSSR count). The Morgan fingerprint density at radius 2 is 2.00 bits per heavy atom. The molecule has 0 aliphatic carbocycles. The molecule has 0 radical (unpaired) electrons. The van der Waals surface area contributed by atoms with E-state index in [1.54, 1.807) is 25.1 Å². The maximum Gasteiger partial charge on any atom is 0.257 e. The van der Waals surface area contributed by atoms with E-state index in [-0.39, 0.29) is 5.91 Å². The molecule has 1 heterocycles. The molecule has 0 aliphatic heterocycles. The van der Waals surface area contributed by atoms with Gasteiger partial charge in [0, 0.05) is 25.4 Å². The maximum atomic E-state index is 12.4. The highest BCUT2D eigenvalue weighted by molar-refractivity contribution is 5.94. The average molecular weight is 299 g/mol. The molecule has 1 aromatic heterocycles. The molecule has 1 N–H and O–H groups in total. The number of rotatable bonds is 5. The van der Waals surface area contributed by atoms with Crippen molar-refractivity contribution in [3.8, 4) is 11.4 Å². The van der Waals surface area contributed by atoms with E-state index >= 15 is 0 Å². The van der Waals surface area contributed by atoms with Crippen LogP contribution in [0.15, 0.2) is 36.5 Å². The third-order valence-corrected chi connectivity index (χ3v) is 3.47. The molecule has 116 valence electrons. The standard InChI is InChI=1S/C17H21N3O2/c1-12(21)9-10-20(3)17(22)15-11-18-16(19-13(15)2)14-7-5-4-6-8-14/h4-8,11-12,21H,9-10H2,1-3H3. The van der Waals surface area contributed by atoms with Crippen molar-refractivity contribution in [3.63, 3.8) is 0 Å². The van der Waals surface area contributed by atoms with Gasteiger partial charge in [-0.05, 0) is 20.3 Å². The SMILES string of the molecule is Cc1nc(-c2ccccc2)ncc1C(=O)N(C)CCC(C)O. The monoisotopic (exact) mass is 299 g/mol. The van der Waals surface area contributed by atoms with Crippen molar-refractivity contribution < 1.29 is 9.90 Å². The van der Waals surface area contributed by atoms with Crippen molar-refractivity contribution in [1.82, 2.24) is 14.9 Å². The van der Waals surface area contributed by atoms with Gasteiger partial charge in [0.05, 0.1) is 17.4 Å². The number of hydrogen-bond donors (Lipinski definition) is 1. The third kappa shape index (κ3) is 3.89. The van der Waals surface area contributed by atoms with Gasteiger partial charge in [-0.2, -0.15) is 0 Å². The predicted molar refractivity (Wildman–Crippen MR) is 85.5 cm³/mol. The lowest BCUT2D eigenvalue weighted by Gasteiger charge is -2.18. The molecule has 0 aliphatic rings. The van der Waals surface area contributed by atoms with Crippen LogP contribution in [0.4, 0.5) is 0 Å². The Kier molecular flexibility index (Phi) is 5.22. The molecule has 0 saturated carbocycles. The molecule has 0 fully saturated rings. The van der Waals surface area contributed by atoms with Crippen molar-refractivity contribution in [2.75, 3.05) is 13.6 Å². The Bertz CT molecular complexity index is 642. The molecular formula is C17H21N3O2. The normalized spacial score (nSPS) is 12.0. The van der Waals surface area contributed by atoms with Crippen LogP contribution >= 0.6 is 0 Å². The maximum absolute atomic E-state index is 12.4. The zero-order chi connectivity index (χ0) is 16.1. The van der Waals surface area contributed by atoms with Gasteiger partial charge < -0.3 is 10.0 Å². The fourth-order valence-corrected chi connectivity index (χ4v) is 2.09. The van der Waals surface area contributed by atoms with Crippen molar-refractivity contribution in [2.45, 2.75) is 26.4 Å². The van der Waals surface area contributed by atoms with Gasteiger partial charge in [-0.15, -0.1) is 0 Å². The Morgan fingerprint density at radius 3 is 2.59 bits per heavy atom. The van der Waals surface area contributed by atoms with Gasteiger partial charge in [0.2, 0.25) is 0 Å². The smallest absolute Gasteiger partial charge is 0.257 e. The number of aromatic nitrogens is 2. The fraction of sp³-hybridized carbons (Fsp3) is 0.353. The van der Waals surface area contributed by atoms with Crippen LogP contribution in [-0.4, -0.2) is 45.6 Å². The number of carbonyl (C=O) groups excluding carboxylic acids is 1. The summed E-state index contributed by atoms with van der Waals surface area (Å²) in [4.78, 5) is 22.7. The van der Waals surface area contributed by atoms with E-state index in [0.717, 1.165) is 5.56 Å². The van der Waals surface area contributed by atoms with Crippen LogP contribution < -0.4 is 0 Å². The zero-order valence-electron chi connectivity index (χ0n) is 13.2. The second-order valence-corrected chi connectivity index (χ2v) is 5.42. The second-order valence-electron chi connectivity index (χ2n) is 5.42. The molecular weight excluding hydrogens is 278 g/mol. The molecule has 5 nitrogen and oxygen atoms in total. The Morgan fingerprint density at radius 1 is 1.32 bits per heavy atom. The summed E-state index contributed by atoms with van der Waals surface area (Å²) in [5.41, 5.74) is 2.07. The Hall–Kier alpha value is -2.27. The number of aliphatic hydroxyl groups excluding tert-OH is 1. The van der Waals surface area contributed by atoms with E-state index in [1.807, 2.05) is 37.3 Å². The molecule has 0 bridgehead atoms. The minimum absolute atomic E-state index is 0.127. The molecule has 1 amide bonds. The lowest BCUT2D eigenvalue weighted by atomic mass is 10.1. The summed E-state index contributed by atoms with van der Waals surface area (Å²) in [6.45, 7) is 4.02. The summed E-state index contributed by atoms with van der Waals surface area (Å²) in [6, 6.07) is 9.66. The molecule has 0 spiro atoms. The van der Waals surface area contributed by atoms with Crippen molar-refractivity contribution in [2.24, 2.45) is 0 Å². The minimum Gasteiger partial charge on any atom is -0.393 e. The highest BCUT2D eigenvalue weighted by Gasteiger charge is 2.16. The van der Waals surface area contributed by atoms with Gasteiger partial charge >= 0.3 is 0 Å². The van der Waals surface area contributed by atoms with E-state index in [9.17, 15) is 9.90 Å². The van der Waals surface area contributed by atoms with Crippen LogP contribution in [0.1, 0.15) is 29.4 Å².